The molecule has 1 saturated heterocycles. The number of nitrogens with two attached hydrogens (primary N) is 1. The summed E-state index contributed by atoms with van der Waals surface area (Å²) >= 11 is 0. The molecular formula is C23H40N4O4. The Kier molecular flexibility index (Phi) is 9.87. The van der Waals surface area contributed by atoms with Crippen molar-refractivity contribution < 1.29 is 19.2 Å². The molecule has 4 atom stereocenters. The molecule has 0 spiro atoms. The number of nitrogens with zero attached hydrogens (tertiary/aromatic N) is 1. The fraction of sp³-hybridized carbons (Fsp3) is 0.739. The number of carbonyl (C=O) groups is 4. The van der Waals surface area contributed by atoms with Crippen LogP contribution in [0.15, 0.2) is 12.7 Å². The molecule has 0 bridgehead atoms. The summed E-state index contributed by atoms with van der Waals surface area (Å²) in [5, 5.41) is 5.18. The predicted octanol–water partition coefficient (Wildman–Crippen LogP) is 1.39. The molecule has 1 aliphatic heterocycles. The molecule has 4 N–H and O–H groups in total. The zero-order valence-corrected chi connectivity index (χ0v) is 19.9. The molecule has 176 valence electrons. The molecule has 8 heteroatoms. The number of ketones is 1. The van der Waals surface area contributed by atoms with Crippen LogP contribution >= 0.6 is 0 Å². The van der Waals surface area contributed by atoms with Crippen LogP contribution in [0.25, 0.3) is 0 Å². The highest BCUT2D eigenvalue weighted by molar-refractivity contribution is 6.38. The quantitative estimate of drug-likeness (QED) is 0.353. The maximum atomic E-state index is 13.2. The highest BCUT2D eigenvalue weighted by Gasteiger charge is 2.44. The van der Waals surface area contributed by atoms with Gasteiger partial charge in [-0.2, -0.15) is 0 Å². The standard InChI is InChI=1S/C23H40N4O4/c1-8-10-16(18(28)21(30)25-11-9-2)26-20(29)17-12-15(14(3)4)13-27(17)22(31)19(24)23(5,6)7/h9,14-17,19H,2,8,10-13,24H2,1,3-7H3,(H,25,30)(H,26,29)/t15-,16?,17+,19-/m1/s1. The minimum atomic E-state index is -0.936. The third kappa shape index (κ3) is 7.16. The molecule has 0 saturated carbocycles. The maximum Gasteiger partial charge on any atom is 0.289 e. The minimum absolute atomic E-state index is 0.156. The van der Waals surface area contributed by atoms with E-state index in [1.54, 1.807) is 4.90 Å². The molecule has 31 heavy (non-hydrogen) atoms. The average Bonchev–Trinajstić information content (AvgIpc) is 3.15. The fourth-order valence-electron chi connectivity index (χ4n) is 3.63. The van der Waals surface area contributed by atoms with Gasteiger partial charge in [-0.15, -0.1) is 6.58 Å². The third-order valence-corrected chi connectivity index (χ3v) is 5.90. The molecule has 0 radical (unpaired) electrons. The van der Waals surface area contributed by atoms with Gasteiger partial charge in [-0.3, -0.25) is 19.2 Å². The van der Waals surface area contributed by atoms with Crippen LogP contribution in [0.4, 0.5) is 0 Å². The van der Waals surface area contributed by atoms with Crippen LogP contribution in [0, 0.1) is 17.3 Å². The highest BCUT2D eigenvalue weighted by Crippen LogP contribution is 2.31. The number of carbonyl (C=O) groups excluding carboxylic acids is 4. The Morgan fingerprint density at radius 3 is 2.32 bits per heavy atom. The smallest absolute Gasteiger partial charge is 0.289 e. The van der Waals surface area contributed by atoms with Gasteiger partial charge in [-0.25, -0.2) is 0 Å². The van der Waals surface area contributed by atoms with Crippen LogP contribution in [-0.2, 0) is 19.2 Å². The Hall–Kier alpha value is -2.22. The number of hydrogen-bond acceptors (Lipinski definition) is 5. The largest absolute Gasteiger partial charge is 0.346 e. The first kappa shape index (κ1) is 26.8. The molecule has 0 aliphatic carbocycles. The van der Waals surface area contributed by atoms with E-state index in [0.717, 1.165) is 0 Å². The molecule has 0 aromatic rings. The van der Waals surface area contributed by atoms with E-state index < -0.39 is 41.1 Å². The molecule has 0 aromatic carbocycles. The lowest BCUT2D eigenvalue weighted by Crippen LogP contribution is -2.57. The van der Waals surface area contributed by atoms with Crippen LogP contribution in [0.1, 0.15) is 60.8 Å². The number of nitrogens with one attached hydrogen (secondary N) is 2. The van der Waals surface area contributed by atoms with Crippen molar-refractivity contribution in [3.8, 4) is 0 Å². The summed E-state index contributed by atoms with van der Waals surface area (Å²) in [7, 11) is 0. The van der Waals surface area contributed by atoms with E-state index in [2.05, 4.69) is 31.1 Å². The second kappa shape index (κ2) is 11.4. The first-order valence-corrected chi connectivity index (χ1v) is 11.1. The van der Waals surface area contributed by atoms with E-state index in [9.17, 15) is 19.2 Å². The van der Waals surface area contributed by atoms with Crippen molar-refractivity contribution in [3.63, 3.8) is 0 Å². The molecule has 1 aliphatic rings. The van der Waals surface area contributed by atoms with Crippen molar-refractivity contribution in [2.75, 3.05) is 13.1 Å². The summed E-state index contributed by atoms with van der Waals surface area (Å²) in [6, 6.07) is -2.39. The van der Waals surface area contributed by atoms with Gasteiger partial charge in [0, 0.05) is 13.1 Å². The first-order valence-electron chi connectivity index (χ1n) is 11.1. The highest BCUT2D eigenvalue weighted by atomic mass is 16.2. The van der Waals surface area contributed by atoms with E-state index in [0.29, 0.717) is 25.8 Å². The van der Waals surface area contributed by atoms with Gasteiger partial charge in [-0.1, -0.05) is 54.0 Å². The average molecular weight is 437 g/mol. The van der Waals surface area contributed by atoms with Crippen molar-refractivity contribution in [1.82, 2.24) is 15.5 Å². The van der Waals surface area contributed by atoms with E-state index in [1.807, 2.05) is 27.7 Å². The summed E-state index contributed by atoms with van der Waals surface area (Å²) in [5.74, 6) is -1.69. The lowest BCUT2D eigenvalue weighted by Gasteiger charge is -2.33. The van der Waals surface area contributed by atoms with Crippen molar-refractivity contribution >= 4 is 23.5 Å². The summed E-state index contributed by atoms with van der Waals surface area (Å²) in [6.07, 6.45) is 2.93. The van der Waals surface area contributed by atoms with Crippen LogP contribution in [0.5, 0.6) is 0 Å². The van der Waals surface area contributed by atoms with Crippen LogP contribution < -0.4 is 16.4 Å². The molecule has 1 unspecified atom stereocenters. The maximum absolute atomic E-state index is 13.2. The van der Waals surface area contributed by atoms with Gasteiger partial charge < -0.3 is 21.3 Å². The van der Waals surface area contributed by atoms with Gasteiger partial charge in [0.25, 0.3) is 5.91 Å². The van der Waals surface area contributed by atoms with Gasteiger partial charge >= 0.3 is 0 Å². The van der Waals surface area contributed by atoms with Crippen molar-refractivity contribution in [2.24, 2.45) is 23.0 Å². The van der Waals surface area contributed by atoms with Crippen LogP contribution in [0.3, 0.4) is 0 Å². The Balaban J connectivity index is 3.05. The minimum Gasteiger partial charge on any atom is -0.346 e. The fourth-order valence-corrected chi connectivity index (χ4v) is 3.63. The summed E-state index contributed by atoms with van der Waals surface area (Å²) in [6.45, 7) is 15.8. The van der Waals surface area contributed by atoms with E-state index in [4.69, 9.17) is 5.73 Å². The summed E-state index contributed by atoms with van der Waals surface area (Å²) in [5.41, 5.74) is 5.76. The summed E-state index contributed by atoms with van der Waals surface area (Å²) in [4.78, 5) is 52.5. The third-order valence-electron chi connectivity index (χ3n) is 5.90. The SMILES string of the molecule is C=CCNC(=O)C(=O)C(CCC)NC(=O)[C@@H]1C[C@@H](C(C)C)CN1C(=O)[C@@H](N)C(C)(C)C. The van der Waals surface area contributed by atoms with Crippen molar-refractivity contribution in [3.05, 3.63) is 12.7 Å². The first-order chi connectivity index (χ1) is 14.3. The monoisotopic (exact) mass is 436 g/mol. The molecule has 1 fully saturated rings. The Bertz CT molecular complexity index is 684. The second-order valence-corrected chi connectivity index (χ2v) is 9.80. The number of likely N-dealkylation sites (tertiary alicyclic amines) is 1. The molecule has 1 heterocycles. The zero-order valence-electron chi connectivity index (χ0n) is 19.9. The molecule has 8 nitrogen and oxygen atoms in total. The second-order valence-electron chi connectivity index (χ2n) is 9.80. The lowest BCUT2D eigenvalue weighted by atomic mass is 9.86. The topological polar surface area (TPSA) is 122 Å². The van der Waals surface area contributed by atoms with E-state index >= 15 is 0 Å². The zero-order chi connectivity index (χ0) is 23.9. The molecule has 0 aromatic heterocycles. The van der Waals surface area contributed by atoms with Crippen LogP contribution in [0.2, 0.25) is 0 Å². The van der Waals surface area contributed by atoms with Crippen molar-refractivity contribution in [1.29, 1.82) is 0 Å². The lowest BCUT2D eigenvalue weighted by molar-refractivity contribution is -0.143. The Labute approximate surface area is 186 Å². The Morgan fingerprint density at radius 2 is 1.84 bits per heavy atom. The van der Waals surface area contributed by atoms with Crippen molar-refractivity contribution in [2.45, 2.75) is 78.9 Å². The summed E-state index contributed by atoms with van der Waals surface area (Å²) < 4.78 is 0. The van der Waals surface area contributed by atoms with E-state index in [-0.39, 0.29) is 24.3 Å². The molecule has 1 rings (SSSR count). The van der Waals surface area contributed by atoms with E-state index in [1.165, 1.54) is 6.08 Å². The van der Waals surface area contributed by atoms with Gasteiger partial charge in [0.05, 0.1) is 12.1 Å². The predicted molar refractivity (Wildman–Crippen MR) is 121 cm³/mol. The Morgan fingerprint density at radius 1 is 1.23 bits per heavy atom. The molecular weight excluding hydrogens is 396 g/mol. The number of rotatable bonds is 10. The molecule has 3 amide bonds. The normalized spacial score (nSPS) is 20.8. The number of amides is 3. The van der Waals surface area contributed by atoms with Gasteiger partial charge in [0.1, 0.15) is 6.04 Å². The number of Topliss-reactive ketones (excluding diaryl/α,β-unsaturated/α-hetero) is 1. The van der Waals surface area contributed by atoms with Crippen LogP contribution in [-0.4, -0.2) is 59.6 Å². The van der Waals surface area contributed by atoms with Gasteiger partial charge in [-0.05, 0) is 30.1 Å². The number of hydrogen-bond donors (Lipinski definition) is 3. The van der Waals surface area contributed by atoms with Gasteiger partial charge in [0.2, 0.25) is 17.6 Å². The van der Waals surface area contributed by atoms with Gasteiger partial charge in [0.15, 0.2) is 0 Å².